The van der Waals surface area contributed by atoms with Crippen molar-refractivity contribution in [3.8, 4) is 5.75 Å². The Bertz CT molecular complexity index is 398. The van der Waals surface area contributed by atoms with Crippen LogP contribution < -0.4 is 11.3 Å². The molecule has 0 aliphatic carbocycles. The molecule has 0 amide bonds. The minimum atomic E-state index is -0.554. The Balaban J connectivity index is 3.42. The van der Waals surface area contributed by atoms with Gasteiger partial charge in [-0.1, -0.05) is 19.1 Å². The molecule has 0 spiro atoms. The number of aryl methyl sites for hydroxylation is 1. The summed E-state index contributed by atoms with van der Waals surface area (Å²) in [6, 6.07) is 1.58. The molecule has 0 saturated carbocycles. The van der Waals surface area contributed by atoms with E-state index in [1.54, 1.807) is 6.07 Å². The lowest BCUT2D eigenvalue weighted by Gasteiger charge is -2.03. The zero-order chi connectivity index (χ0) is 10.0. The summed E-state index contributed by atoms with van der Waals surface area (Å²) in [5.74, 6) is -0.412. The summed E-state index contributed by atoms with van der Waals surface area (Å²) in [7, 11) is 0. The maximum atomic E-state index is 11.1. The molecule has 0 aliphatic heterocycles. The van der Waals surface area contributed by atoms with Gasteiger partial charge in [-0.05, 0) is 12.5 Å². The molecule has 0 atom stereocenters. The van der Waals surface area contributed by atoms with Gasteiger partial charge < -0.3 is 15.8 Å². The van der Waals surface area contributed by atoms with E-state index in [9.17, 15) is 9.90 Å². The number of nitrogens with one attached hydrogen (secondary N) is 1. The van der Waals surface area contributed by atoms with E-state index in [-0.39, 0.29) is 10.6 Å². The Labute approximate surface area is 80.4 Å². The van der Waals surface area contributed by atoms with Gasteiger partial charge in [-0.25, -0.2) is 0 Å². The van der Waals surface area contributed by atoms with Crippen LogP contribution in [0.3, 0.4) is 0 Å². The molecule has 0 saturated heterocycles. The number of rotatable bonds is 2. The van der Waals surface area contributed by atoms with E-state index in [0.717, 1.165) is 0 Å². The second kappa shape index (κ2) is 3.57. The van der Waals surface area contributed by atoms with Gasteiger partial charge in [-0.3, -0.25) is 4.79 Å². The Morgan fingerprint density at radius 3 is 2.85 bits per heavy atom. The largest absolute Gasteiger partial charge is 0.503 e. The fourth-order valence-corrected chi connectivity index (χ4v) is 1.14. The molecule has 0 bridgehead atoms. The van der Waals surface area contributed by atoms with Gasteiger partial charge in [0.25, 0.3) is 5.56 Å². The molecule has 1 aromatic rings. The highest BCUT2D eigenvalue weighted by Gasteiger charge is 2.09. The average Bonchev–Trinajstić information content (AvgIpc) is 2.09. The standard InChI is InChI=1S/C8H10N2O2S/c1-2-4-3-5(7(9)13)6(11)8(12)10-4/h3,11H,2H2,1H3,(H2,9,13)(H,10,12). The number of hydrogen-bond donors (Lipinski definition) is 3. The predicted octanol–water partition coefficient (Wildman–Crippen LogP) is 0.277. The predicted molar refractivity (Wildman–Crippen MR) is 54.0 cm³/mol. The third-order valence-electron chi connectivity index (χ3n) is 1.71. The summed E-state index contributed by atoms with van der Waals surface area (Å²) in [5, 5.41) is 9.28. The molecule has 0 fully saturated rings. The second-order valence-electron chi connectivity index (χ2n) is 2.60. The first-order valence-electron chi connectivity index (χ1n) is 3.81. The van der Waals surface area contributed by atoms with Gasteiger partial charge in [0.05, 0.1) is 5.56 Å². The van der Waals surface area contributed by atoms with Crippen molar-refractivity contribution in [2.24, 2.45) is 5.73 Å². The normalized spacial score (nSPS) is 9.92. The maximum Gasteiger partial charge on any atom is 0.290 e. The van der Waals surface area contributed by atoms with E-state index >= 15 is 0 Å². The highest BCUT2D eigenvalue weighted by molar-refractivity contribution is 7.80. The number of thiocarbonyl (C=S) groups is 1. The molecule has 13 heavy (non-hydrogen) atoms. The molecule has 1 heterocycles. The highest BCUT2D eigenvalue weighted by Crippen LogP contribution is 2.11. The Hall–Kier alpha value is -1.36. The monoisotopic (exact) mass is 198 g/mol. The van der Waals surface area contributed by atoms with Crippen LogP contribution in [0.5, 0.6) is 5.75 Å². The maximum absolute atomic E-state index is 11.1. The van der Waals surface area contributed by atoms with Crippen LogP contribution >= 0.6 is 12.2 Å². The molecular weight excluding hydrogens is 188 g/mol. The van der Waals surface area contributed by atoms with Gasteiger partial charge in [0.15, 0.2) is 5.75 Å². The molecule has 0 aliphatic rings. The number of pyridine rings is 1. The van der Waals surface area contributed by atoms with Crippen LogP contribution in [0.15, 0.2) is 10.9 Å². The summed E-state index contributed by atoms with van der Waals surface area (Å²) < 4.78 is 0. The Morgan fingerprint density at radius 1 is 1.77 bits per heavy atom. The summed E-state index contributed by atoms with van der Waals surface area (Å²) in [6.07, 6.45) is 0.658. The molecule has 0 radical (unpaired) electrons. The van der Waals surface area contributed by atoms with E-state index in [2.05, 4.69) is 17.2 Å². The third-order valence-corrected chi connectivity index (χ3v) is 1.93. The molecule has 4 N–H and O–H groups in total. The van der Waals surface area contributed by atoms with Crippen LogP contribution in [0.1, 0.15) is 18.2 Å². The number of H-pyrrole nitrogens is 1. The van der Waals surface area contributed by atoms with Crippen molar-refractivity contribution in [2.75, 3.05) is 0 Å². The summed E-state index contributed by atoms with van der Waals surface area (Å²) in [4.78, 5) is 13.6. The van der Waals surface area contributed by atoms with Crippen LogP contribution in [0.25, 0.3) is 0 Å². The quantitative estimate of drug-likeness (QED) is 0.596. The lowest BCUT2D eigenvalue weighted by molar-refractivity contribution is 0.465. The molecule has 5 heteroatoms. The number of hydrogen-bond acceptors (Lipinski definition) is 3. The van der Waals surface area contributed by atoms with Crippen LogP contribution in [0.4, 0.5) is 0 Å². The topological polar surface area (TPSA) is 79.1 Å². The van der Waals surface area contributed by atoms with E-state index in [4.69, 9.17) is 5.73 Å². The van der Waals surface area contributed by atoms with Crippen molar-refractivity contribution in [3.05, 3.63) is 27.7 Å². The number of aromatic hydroxyl groups is 1. The minimum Gasteiger partial charge on any atom is -0.503 e. The lowest BCUT2D eigenvalue weighted by Crippen LogP contribution is -2.17. The first kappa shape index (κ1) is 9.73. The zero-order valence-corrected chi connectivity index (χ0v) is 7.94. The van der Waals surface area contributed by atoms with Gasteiger partial charge in [-0.15, -0.1) is 0 Å². The molecule has 0 unspecified atom stereocenters. The average molecular weight is 198 g/mol. The Kier molecular flexibility index (Phi) is 2.67. The zero-order valence-electron chi connectivity index (χ0n) is 7.13. The van der Waals surface area contributed by atoms with Crippen LogP contribution in [0, 0.1) is 0 Å². The molecule has 4 nitrogen and oxygen atoms in total. The minimum absolute atomic E-state index is 0.0262. The van der Waals surface area contributed by atoms with Crippen molar-refractivity contribution in [2.45, 2.75) is 13.3 Å². The number of aromatic amines is 1. The van der Waals surface area contributed by atoms with Gasteiger partial charge in [-0.2, -0.15) is 0 Å². The van der Waals surface area contributed by atoms with Crippen molar-refractivity contribution in [3.63, 3.8) is 0 Å². The van der Waals surface area contributed by atoms with Crippen molar-refractivity contribution in [1.82, 2.24) is 4.98 Å². The molecule has 0 aromatic carbocycles. The van der Waals surface area contributed by atoms with Gasteiger partial charge in [0, 0.05) is 5.69 Å². The van der Waals surface area contributed by atoms with Crippen LogP contribution in [-0.4, -0.2) is 15.1 Å². The molecule has 1 aromatic heterocycles. The second-order valence-corrected chi connectivity index (χ2v) is 3.04. The summed E-state index contributed by atoms with van der Waals surface area (Å²) in [6.45, 7) is 1.88. The van der Waals surface area contributed by atoms with Gasteiger partial charge >= 0.3 is 0 Å². The number of nitrogens with two attached hydrogens (primary N) is 1. The van der Waals surface area contributed by atoms with Crippen LogP contribution in [0.2, 0.25) is 0 Å². The van der Waals surface area contributed by atoms with Crippen molar-refractivity contribution in [1.29, 1.82) is 0 Å². The molecule has 70 valence electrons. The van der Waals surface area contributed by atoms with Crippen molar-refractivity contribution < 1.29 is 5.11 Å². The molecule has 1 rings (SSSR count). The van der Waals surface area contributed by atoms with E-state index in [1.807, 2.05) is 6.92 Å². The Morgan fingerprint density at radius 2 is 2.38 bits per heavy atom. The van der Waals surface area contributed by atoms with Crippen LogP contribution in [-0.2, 0) is 6.42 Å². The molecular formula is C8H10N2O2S. The van der Waals surface area contributed by atoms with E-state index in [0.29, 0.717) is 12.1 Å². The van der Waals surface area contributed by atoms with E-state index < -0.39 is 11.3 Å². The van der Waals surface area contributed by atoms with Gasteiger partial charge in [0.1, 0.15) is 4.99 Å². The van der Waals surface area contributed by atoms with Crippen molar-refractivity contribution >= 4 is 17.2 Å². The summed E-state index contributed by atoms with van der Waals surface area (Å²) >= 11 is 4.68. The first-order chi connectivity index (χ1) is 6.06. The van der Waals surface area contributed by atoms with Gasteiger partial charge in [0.2, 0.25) is 0 Å². The van der Waals surface area contributed by atoms with E-state index in [1.165, 1.54) is 0 Å². The number of aromatic nitrogens is 1. The fourth-order valence-electron chi connectivity index (χ4n) is 0.984. The highest BCUT2D eigenvalue weighted by atomic mass is 32.1. The third kappa shape index (κ3) is 1.86. The first-order valence-corrected chi connectivity index (χ1v) is 4.22. The smallest absolute Gasteiger partial charge is 0.290 e. The SMILES string of the molecule is CCc1cc(C(N)=S)c(O)c(=O)[nH]1. The summed E-state index contributed by atoms with van der Waals surface area (Å²) in [5.41, 5.74) is 5.70. The fraction of sp³-hybridized carbons (Fsp3) is 0.250. The lowest BCUT2D eigenvalue weighted by atomic mass is 10.2.